The maximum atomic E-state index is 13.5. The topological polar surface area (TPSA) is 43.8 Å². The van der Waals surface area contributed by atoms with Crippen molar-refractivity contribution < 1.29 is 8.78 Å². The highest BCUT2D eigenvalue weighted by molar-refractivity contribution is 14.0. The largest absolute Gasteiger partial charge is 0.371 e. The summed E-state index contributed by atoms with van der Waals surface area (Å²) in [5.41, 5.74) is 1.77. The van der Waals surface area contributed by atoms with Crippen molar-refractivity contribution >= 4 is 47.0 Å². The SMILES string of the molecule is CCNC(=NCC1CCN(c2ccc(F)c(F)c2)C1)N(C)Cc1csc(C)n1.I. The first-order valence-corrected chi connectivity index (χ1v) is 10.4. The van der Waals surface area contributed by atoms with Crippen LogP contribution in [-0.4, -0.2) is 49.1 Å². The fourth-order valence-electron chi connectivity index (χ4n) is 3.38. The Morgan fingerprint density at radius 3 is 2.83 bits per heavy atom. The maximum absolute atomic E-state index is 13.5. The van der Waals surface area contributed by atoms with Crippen LogP contribution in [0.15, 0.2) is 28.6 Å². The van der Waals surface area contributed by atoms with Gasteiger partial charge in [-0.2, -0.15) is 0 Å². The molecule has 0 aliphatic carbocycles. The second kappa shape index (κ2) is 11.1. The molecule has 1 aromatic heterocycles. The van der Waals surface area contributed by atoms with Crippen molar-refractivity contribution in [1.29, 1.82) is 0 Å². The minimum atomic E-state index is -0.808. The van der Waals surface area contributed by atoms with Crippen LogP contribution in [0.2, 0.25) is 0 Å². The van der Waals surface area contributed by atoms with Crippen LogP contribution in [-0.2, 0) is 6.54 Å². The first kappa shape index (κ1) is 23.8. The Hall–Kier alpha value is -1.49. The number of aromatic nitrogens is 1. The number of halogens is 3. The fourth-order valence-corrected chi connectivity index (χ4v) is 3.99. The van der Waals surface area contributed by atoms with E-state index in [9.17, 15) is 8.78 Å². The van der Waals surface area contributed by atoms with Crippen molar-refractivity contribution in [3.05, 3.63) is 45.9 Å². The van der Waals surface area contributed by atoms with Gasteiger partial charge in [-0.15, -0.1) is 35.3 Å². The number of anilines is 1. The van der Waals surface area contributed by atoms with Gasteiger partial charge in [-0.3, -0.25) is 4.99 Å². The highest BCUT2D eigenvalue weighted by atomic mass is 127. The number of rotatable bonds is 6. The highest BCUT2D eigenvalue weighted by Gasteiger charge is 2.23. The van der Waals surface area contributed by atoms with Gasteiger partial charge in [0.1, 0.15) is 0 Å². The van der Waals surface area contributed by atoms with E-state index < -0.39 is 11.6 Å². The number of nitrogens with zero attached hydrogens (tertiary/aromatic N) is 4. The summed E-state index contributed by atoms with van der Waals surface area (Å²) >= 11 is 1.65. The summed E-state index contributed by atoms with van der Waals surface area (Å²) in [4.78, 5) is 13.5. The molecule has 1 aliphatic heterocycles. The number of thiazole rings is 1. The second-order valence-corrected chi connectivity index (χ2v) is 8.17. The third kappa shape index (κ3) is 6.50. The maximum Gasteiger partial charge on any atom is 0.194 e. The second-order valence-electron chi connectivity index (χ2n) is 7.11. The molecule has 0 bridgehead atoms. The zero-order valence-corrected chi connectivity index (χ0v) is 20.1. The number of benzene rings is 1. The van der Waals surface area contributed by atoms with Crippen LogP contribution in [0, 0.1) is 24.5 Å². The van der Waals surface area contributed by atoms with Gasteiger partial charge in [0.25, 0.3) is 0 Å². The number of guanidine groups is 1. The van der Waals surface area contributed by atoms with E-state index in [1.807, 2.05) is 14.0 Å². The van der Waals surface area contributed by atoms with Crippen LogP contribution in [0.1, 0.15) is 24.0 Å². The molecule has 2 heterocycles. The lowest BCUT2D eigenvalue weighted by Crippen LogP contribution is -2.39. The molecule has 9 heteroatoms. The third-order valence-corrected chi connectivity index (χ3v) is 5.64. The van der Waals surface area contributed by atoms with Gasteiger partial charge in [0.2, 0.25) is 0 Å². The summed E-state index contributed by atoms with van der Waals surface area (Å²) < 4.78 is 26.6. The van der Waals surface area contributed by atoms with E-state index in [0.717, 1.165) is 48.4 Å². The van der Waals surface area contributed by atoms with E-state index in [1.54, 1.807) is 17.4 Å². The molecule has 0 spiro atoms. The smallest absolute Gasteiger partial charge is 0.194 e. The van der Waals surface area contributed by atoms with E-state index in [-0.39, 0.29) is 24.0 Å². The molecule has 1 saturated heterocycles. The van der Waals surface area contributed by atoms with Gasteiger partial charge in [0, 0.05) is 50.4 Å². The van der Waals surface area contributed by atoms with Crippen LogP contribution < -0.4 is 10.2 Å². The van der Waals surface area contributed by atoms with Crippen molar-refractivity contribution in [3.8, 4) is 0 Å². The van der Waals surface area contributed by atoms with Gasteiger partial charge in [0.15, 0.2) is 17.6 Å². The van der Waals surface area contributed by atoms with Gasteiger partial charge in [0.05, 0.1) is 17.2 Å². The molecule has 1 N–H and O–H groups in total. The summed E-state index contributed by atoms with van der Waals surface area (Å²) in [6, 6.07) is 4.10. The predicted octanol–water partition coefficient (Wildman–Crippen LogP) is 4.27. The Bertz CT molecular complexity index is 829. The molecule has 1 fully saturated rings. The van der Waals surface area contributed by atoms with Crippen molar-refractivity contribution in [2.24, 2.45) is 10.9 Å². The summed E-state index contributed by atoms with van der Waals surface area (Å²) in [5.74, 6) is -0.360. The van der Waals surface area contributed by atoms with Gasteiger partial charge >= 0.3 is 0 Å². The first-order chi connectivity index (χ1) is 13.5. The molecule has 1 aromatic carbocycles. The van der Waals surface area contributed by atoms with Crippen LogP contribution >= 0.6 is 35.3 Å². The zero-order valence-electron chi connectivity index (χ0n) is 17.0. The molecule has 0 radical (unpaired) electrons. The molecule has 0 amide bonds. The predicted molar refractivity (Wildman–Crippen MR) is 126 cm³/mol. The summed E-state index contributed by atoms with van der Waals surface area (Å²) in [6.07, 6.45) is 0.983. The van der Waals surface area contributed by atoms with Crippen molar-refractivity contribution in [3.63, 3.8) is 0 Å². The molecule has 160 valence electrons. The number of hydrogen-bond acceptors (Lipinski definition) is 4. The van der Waals surface area contributed by atoms with Crippen LogP contribution in [0.25, 0.3) is 0 Å². The van der Waals surface area contributed by atoms with Crippen LogP contribution in [0.4, 0.5) is 14.5 Å². The van der Waals surface area contributed by atoms with E-state index in [2.05, 4.69) is 32.4 Å². The first-order valence-electron chi connectivity index (χ1n) is 9.56. The molecule has 3 rings (SSSR count). The monoisotopic (exact) mass is 535 g/mol. The molecule has 0 saturated carbocycles. The molecule has 1 aliphatic rings. The van der Waals surface area contributed by atoms with Crippen LogP contribution in [0.3, 0.4) is 0 Å². The Kier molecular flexibility index (Phi) is 9.06. The molecular weight excluding hydrogens is 507 g/mol. The quantitative estimate of drug-likeness (QED) is 0.341. The summed E-state index contributed by atoms with van der Waals surface area (Å²) in [6.45, 7) is 7.89. The van der Waals surface area contributed by atoms with Gasteiger partial charge in [-0.05, 0) is 38.3 Å². The summed E-state index contributed by atoms with van der Waals surface area (Å²) in [5, 5.41) is 6.48. The van der Waals surface area contributed by atoms with Crippen molar-refractivity contribution in [2.75, 3.05) is 38.1 Å². The molecule has 5 nitrogen and oxygen atoms in total. The number of aryl methyl sites for hydroxylation is 1. The standard InChI is InChI=1S/C20H27F2N5S.HI/c1-4-23-20(26(3)12-16-13-28-14(2)25-16)24-10-15-7-8-27(11-15)17-5-6-18(21)19(22)9-17;/h5-6,9,13,15H,4,7-8,10-12H2,1-3H3,(H,23,24);1H. The minimum absolute atomic E-state index is 0. The number of hydrogen-bond donors (Lipinski definition) is 1. The lowest BCUT2D eigenvalue weighted by Gasteiger charge is -2.22. The molecular formula is C20H28F2IN5S. The van der Waals surface area contributed by atoms with E-state index in [0.29, 0.717) is 19.0 Å². The Labute approximate surface area is 192 Å². The Morgan fingerprint density at radius 1 is 1.38 bits per heavy atom. The average Bonchev–Trinajstić information content (AvgIpc) is 3.30. The fraction of sp³-hybridized carbons (Fsp3) is 0.500. The Morgan fingerprint density at radius 2 is 2.17 bits per heavy atom. The van der Waals surface area contributed by atoms with E-state index in [1.165, 1.54) is 12.1 Å². The molecule has 1 unspecified atom stereocenters. The lowest BCUT2D eigenvalue weighted by molar-refractivity contribution is 0.466. The van der Waals surface area contributed by atoms with E-state index >= 15 is 0 Å². The van der Waals surface area contributed by atoms with E-state index in [4.69, 9.17) is 4.99 Å². The zero-order chi connectivity index (χ0) is 20.1. The van der Waals surface area contributed by atoms with Crippen molar-refractivity contribution in [1.82, 2.24) is 15.2 Å². The minimum Gasteiger partial charge on any atom is -0.371 e. The molecule has 29 heavy (non-hydrogen) atoms. The van der Waals surface area contributed by atoms with Crippen LogP contribution in [0.5, 0.6) is 0 Å². The number of nitrogens with one attached hydrogen (secondary N) is 1. The molecule has 1 atom stereocenters. The van der Waals surface area contributed by atoms with Crippen molar-refractivity contribution in [2.45, 2.75) is 26.8 Å². The number of aliphatic imine (C=N–C) groups is 1. The Balaban J connectivity index is 0.00000300. The van der Waals surface area contributed by atoms with Gasteiger partial charge in [-0.1, -0.05) is 0 Å². The highest BCUT2D eigenvalue weighted by Crippen LogP contribution is 2.25. The van der Waals surface area contributed by atoms with Gasteiger partial charge < -0.3 is 15.1 Å². The van der Waals surface area contributed by atoms with Gasteiger partial charge in [-0.25, -0.2) is 13.8 Å². The normalized spacial score (nSPS) is 16.7. The third-order valence-electron chi connectivity index (χ3n) is 4.82. The molecule has 2 aromatic rings. The average molecular weight is 535 g/mol. The lowest BCUT2D eigenvalue weighted by atomic mass is 10.1. The summed E-state index contributed by atoms with van der Waals surface area (Å²) in [7, 11) is 2.01.